The van der Waals surface area contributed by atoms with Crippen molar-refractivity contribution in [3.05, 3.63) is 0 Å². The van der Waals surface area contributed by atoms with E-state index in [1.807, 2.05) is 0 Å². The van der Waals surface area contributed by atoms with Crippen LogP contribution >= 0.6 is 22.6 Å². The first-order chi connectivity index (χ1) is 8.06. The van der Waals surface area contributed by atoms with Gasteiger partial charge in [-0.15, -0.1) is 0 Å². The number of hydrogen-bond donors (Lipinski definition) is 1. The second kappa shape index (κ2) is 5.07. The Kier molecular flexibility index (Phi) is 5.07. The molecule has 0 saturated heterocycles. The molecule has 1 N–H and O–H groups in total. The molecule has 0 aliphatic heterocycles. The summed E-state index contributed by atoms with van der Waals surface area (Å²) in [5.74, 6) is -26.3. The summed E-state index contributed by atoms with van der Waals surface area (Å²) in [6.07, 6.45) is -2.29. The van der Waals surface area contributed by atoms with E-state index in [0.717, 1.165) is 0 Å². The van der Waals surface area contributed by atoms with E-state index in [4.69, 9.17) is 5.11 Å². The van der Waals surface area contributed by atoms with Gasteiger partial charge in [0.15, 0.2) is 0 Å². The van der Waals surface area contributed by atoms with E-state index in [-0.39, 0.29) is 0 Å². The molecule has 116 valence electrons. The van der Waals surface area contributed by atoms with Gasteiger partial charge in [-0.25, -0.2) is 0 Å². The fourth-order valence-corrected chi connectivity index (χ4v) is 1.24. The van der Waals surface area contributed by atoms with Crippen LogP contribution in [-0.4, -0.2) is 39.3 Å². The molecule has 0 aliphatic rings. The van der Waals surface area contributed by atoms with E-state index in [0.29, 0.717) is 0 Å². The predicted octanol–water partition coefficient (Wildman–Crippen LogP) is 3.94. The van der Waals surface area contributed by atoms with Crippen molar-refractivity contribution in [3.8, 4) is 0 Å². The molecule has 0 atom stereocenters. The number of halogens is 11. The molecule has 0 unspecified atom stereocenters. The molecule has 0 aromatic carbocycles. The van der Waals surface area contributed by atoms with Crippen molar-refractivity contribution in [2.45, 2.75) is 34.0 Å². The smallest absolute Gasteiger partial charge is 0.387 e. The van der Waals surface area contributed by atoms with Crippen LogP contribution in [0.25, 0.3) is 0 Å². The summed E-state index contributed by atoms with van der Waals surface area (Å²) < 4.78 is 120. The monoisotopic (exact) mass is 422 g/mol. The minimum atomic E-state index is -7.02. The van der Waals surface area contributed by atoms with E-state index in [9.17, 15) is 43.9 Å². The van der Waals surface area contributed by atoms with Gasteiger partial charge in [-0.05, 0) is 0 Å². The average Bonchev–Trinajstić information content (AvgIpc) is 2.14. The number of aliphatic hydroxyl groups excluding tert-OH is 1. The Morgan fingerprint density at radius 2 is 1.05 bits per heavy atom. The van der Waals surface area contributed by atoms with E-state index in [1.165, 1.54) is 0 Å². The van der Waals surface area contributed by atoms with Crippen molar-refractivity contribution in [2.75, 3.05) is 6.61 Å². The Morgan fingerprint density at radius 1 is 0.684 bits per heavy atom. The Balaban J connectivity index is 5.77. The van der Waals surface area contributed by atoms with E-state index < -0.39 is 63.2 Å². The van der Waals surface area contributed by atoms with Crippen molar-refractivity contribution < 1.29 is 49.0 Å². The Bertz CT molecular complexity index is 322. The Morgan fingerprint density at radius 3 is 1.32 bits per heavy atom. The minimum absolute atomic E-state index is 0.557. The van der Waals surface area contributed by atoms with Gasteiger partial charge in [0.2, 0.25) is 0 Å². The van der Waals surface area contributed by atoms with Gasteiger partial charge in [0.25, 0.3) is 0 Å². The molecule has 19 heavy (non-hydrogen) atoms. The van der Waals surface area contributed by atoms with Crippen LogP contribution in [0.15, 0.2) is 0 Å². The lowest BCUT2D eigenvalue weighted by atomic mass is 9.97. The molecule has 0 aromatic heterocycles. The van der Waals surface area contributed by atoms with Gasteiger partial charge in [0, 0.05) is 35.6 Å². The lowest BCUT2D eigenvalue weighted by Gasteiger charge is -2.37. The van der Waals surface area contributed by atoms with Crippen molar-refractivity contribution >= 4 is 22.6 Å². The molecule has 1 nitrogen and oxygen atoms in total. The highest BCUT2D eigenvalue weighted by atomic mass is 127. The zero-order valence-corrected chi connectivity index (χ0v) is 10.7. The molecule has 0 aliphatic carbocycles. The molecule has 0 saturated carbocycles. The minimum Gasteiger partial charge on any atom is -0.396 e. The van der Waals surface area contributed by atoms with Crippen LogP contribution in [0.2, 0.25) is 0 Å². The molecule has 0 amide bonds. The summed E-state index contributed by atoms with van der Waals surface area (Å²) in [6, 6.07) is 0. The largest absolute Gasteiger partial charge is 0.396 e. The number of rotatable bonds is 6. The molecule has 0 spiro atoms. The summed E-state index contributed by atoms with van der Waals surface area (Å²) in [7, 11) is 0. The van der Waals surface area contributed by atoms with Crippen LogP contribution in [0, 0.1) is 0 Å². The van der Waals surface area contributed by atoms with Gasteiger partial charge in [-0.3, -0.25) is 0 Å². The highest BCUT2D eigenvalue weighted by Gasteiger charge is 2.85. The van der Waals surface area contributed by atoms with E-state index >= 15 is 0 Å². The lowest BCUT2D eigenvalue weighted by Crippen LogP contribution is -2.66. The zero-order valence-electron chi connectivity index (χ0n) is 8.52. The summed E-state index contributed by atoms with van der Waals surface area (Å²) >= 11 is -0.557. The maximum Gasteiger partial charge on any atom is 0.387 e. The number of hydrogen-bond acceptors (Lipinski definition) is 1. The van der Waals surface area contributed by atoms with Gasteiger partial charge < -0.3 is 5.11 Å². The molecule has 0 bridgehead atoms. The maximum atomic E-state index is 12.8. The third-order valence-corrected chi connectivity index (χ3v) is 2.71. The molecule has 0 fully saturated rings. The summed E-state index contributed by atoms with van der Waals surface area (Å²) in [5.41, 5.74) is 0. The Labute approximate surface area is 113 Å². The average molecular weight is 422 g/mol. The van der Waals surface area contributed by atoms with E-state index in [2.05, 4.69) is 0 Å². The fraction of sp³-hybridized carbons (Fsp3) is 1.00. The second-order valence-corrected chi connectivity index (χ2v) is 4.75. The van der Waals surface area contributed by atoms with Crippen LogP contribution in [0.5, 0.6) is 0 Å². The molecule has 0 heterocycles. The SMILES string of the molecule is OCCC(F)(F)C(F)(F)C(F)(F)C(F)(F)C(F)(F)I. The third kappa shape index (κ3) is 2.88. The topological polar surface area (TPSA) is 20.2 Å². The molecule has 12 heteroatoms. The maximum absolute atomic E-state index is 12.8. The number of aliphatic hydroxyl groups is 1. The van der Waals surface area contributed by atoms with Crippen LogP contribution < -0.4 is 0 Å². The van der Waals surface area contributed by atoms with Crippen molar-refractivity contribution in [3.63, 3.8) is 0 Å². The molecule has 0 aromatic rings. The molecular weight excluding hydrogens is 417 g/mol. The second-order valence-electron chi connectivity index (χ2n) is 3.40. The standard InChI is InChI=1S/C7H5F10IO/c8-3(9,1-2-19)4(10,11)5(12,13)6(14,15)7(16,17)18/h19H,1-2H2. The van der Waals surface area contributed by atoms with Crippen LogP contribution in [0.4, 0.5) is 43.9 Å². The Hall–Kier alpha value is -0.0100. The van der Waals surface area contributed by atoms with Crippen LogP contribution in [0.3, 0.4) is 0 Å². The van der Waals surface area contributed by atoms with Crippen molar-refractivity contribution in [1.29, 1.82) is 0 Å². The normalized spacial score (nSPS) is 15.8. The van der Waals surface area contributed by atoms with Gasteiger partial charge >= 0.3 is 27.6 Å². The zero-order chi connectivity index (χ0) is 15.9. The predicted molar refractivity (Wildman–Crippen MR) is 50.5 cm³/mol. The van der Waals surface area contributed by atoms with Crippen LogP contribution in [0.1, 0.15) is 6.42 Å². The molecule has 0 rings (SSSR count). The van der Waals surface area contributed by atoms with Crippen molar-refractivity contribution in [2.24, 2.45) is 0 Å². The third-order valence-electron chi connectivity index (χ3n) is 2.03. The van der Waals surface area contributed by atoms with Crippen LogP contribution in [-0.2, 0) is 0 Å². The van der Waals surface area contributed by atoms with Gasteiger partial charge in [-0.1, -0.05) is 0 Å². The lowest BCUT2D eigenvalue weighted by molar-refractivity contribution is -0.387. The fourth-order valence-electron chi connectivity index (χ4n) is 0.902. The first-order valence-electron chi connectivity index (χ1n) is 4.25. The first kappa shape index (κ1) is 19.0. The van der Waals surface area contributed by atoms with E-state index in [1.54, 1.807) is 0 Å². The summed E-state index contributed by atoms with van der Waals surface area (Å²) in [6.45, 7) is -1.73. The first-order valence-corrected chi connectivity index (χ1v) is 5.33. The van der Waals surface area contributed by atoms with Gasteiger partial charge in [0.1, 0.15) is 0 Å². The van der Waals surface area contributed by atoms with Crippen molar-refractivity contribution in [1.82, 2.24) is 0 Å². The number of alkyl halides is 11. The van der Waals surface area contributed by atoms with Gasteiger partial charge in [-0.2, -0.15) is 43.9 Å². The summed E-state index contributed by atoms with van der Waals surface area (Å²) in [5, 5.41) is 8.00. The highest BCUT2D eigenvalue weighted by Crippen LogP contribution is 2.58. The quantitative estimate of drug-likeness (QED) is 0.391. The molecular formula is C7H5F10IO. The highest BCUT2D eigenvalue weighted by molar-refractivity contribution is 14.1. The molecule has 0 radical (unpaired) electrons. The summed E-state index contributed by atoms with van der Waals surface area (Å²) in [4.78, 5) is 0. The van der Waals surface area contributed by atoms with Gasteiger partial charge in [0.05, 0.1) is 0 Å².